The van der Waals surface area contributed by atoms with E-state index < -0.39 is 14.9 Å². The van der Waals surface area contributed by atoms with Crippen molar-refractivity contribution in [3.05, 3.63) is 77.0 Å². The van der Waals surface area contributed by atoms with Crippen molar-refractivity contribution < 1.29 is 13.3 Å². The van der Waals surface area contributed by atoms with Crippen LogP contribution in [0.5, 0.6) is 0 Å². The zero-order valence-electron chi connectivity index (χ0n) is 12.9. The molecule has 0 bridgehead atoms. The molecule has 0 fully saturated rings. The molecular formula is C17H13N3O4S. The lowest BCUT2D eigenvalue weighted by Crippen LogP contribution is -2.14. The second-order valence-corrected chi connectivity index (χ2v) is 6.75. The van der Waals surface area contributed by atoms with Gasteiger partial charge in [0.2, 0.25) is 10.0 Å². The van der Waals surface area contributed by atoms with Crippen molar-refractivity contribution >= 4 is 15.7 Å². The Morgan fingerprint density at radius 2 is 1.68 bits per heavy atom. The summed E-state index contributed by atoms with van der Waals surface area (Å²) in [6.07, 6.45) is 1.42. The second kappa shape index (κ2) is 6.42. The number of nitrogens with two attached hydrogens (primary N) is 1. The maximum atomic E-state index is 12.1. The van der Waals surface area contributed by atoms with E-state index in [0.717, 1.165) is 0 Å². The summed E-state index contributed by atoms with van der Waals surface area (Å²) >= 11 is 0. The van der Waals surface area contributed by atoms with E-state index in [4.69, 9.17) is 5.14 Å². The SMILES string of the molecule is NS(=O)(=O)c1cccc(-c2ncccc2[N+](=O)[O-])c1-c1ccccc1. The van der Waals surface area contributed by atoms with Crippen LogP contribution in [0.15, 0.2) is 71.8 Å². The highest BCUT2D eigenvalue weighted by Crippen LogP contribution is 2.39. The molecule has 0 spiro atoms. The van der Waals surface area contributed by atoms with Crippen LogP contribution in [0.1, 0.15) is 0 Å². The molecule has 0 atom stereocenters. The fourth-order valence-corrected chi connectivity index (χ4v) is 3.40. The van der Waals surface area contributed by atoms with Crippen molar-refractivity contribution in [1.82, 2.24) is 4.98 Å². The highest BCUT2D eigenvalue weighted by atomic mass is 32.2. The van der Waals surface area contributed by atoms with Crippen LogP contribution in [-0.2, 0) is 10.0 Å². The lowest BCUT2D eigenvalue weighted by molar-refractivity contribution is -0.384. The van der Waals surface area contributed by atoms with E-state index >= 15 is 0 Å². The minimum atomic E-state index is -4.04. The smallest absolute Gasteiger partial charge is 0.258 e. The normalized spacial score (nSPS) is 11.2. The molecule has 2 N–H and O–H groups in total. The molecule has 2 aromatic carbocycles. The summed E-state index contributed by atoms with van der Waals surface area (Å²) in [6, 6.07) is 15.9. The first kappa shape index (κ1) is 16.7. The number of nitrogens with zero attached hydrogens (tertiary/aromatic N) is 2. The predicted octanol–water partition coefficient (Wildman–Crippen LogP) is 2.97. The first-order valence-electron chi connectivity index (χ1n) is 7.20. The Labute approximate surface area is 144 Å². The first-order valence-corrected chi connectivity index (χ1v) is 8.75. The number of rotatable bonds is 4. The molecule has 0 saturated carbocycles. The lowest BCUT2D eigenvalue weighted by atomic mass is 9.96. The Hall–Kier alpha value is -3.10. The minimum absolute atomic E-state index is 0.0804. The van der Waals surface area contributed by atoms with Gasteiger partial charge in [0.15, 0.2) is 0 Å². The van der Waals surface area contributed by atoms with E-state index in [0.29, 0.717) is 11.1 Å². The van der Waals surface area contributed by atoms with Crippen LogP contribution in [-0.4, -0.2) is 18.3 Å². The maximum Gasteiger partial charge on any atom is 0.295 e. The molecule has 1 aromatic heterocycles. The van der Waals surface area contributed by atoms with Gasteiger partial charge in [-0.1, -0.05) is 42.5 Å². The lowest BCUT2D eigenvalue weighted by Gasteiger charge is -2.13. The molecule has 126 valence electrons. The molecule has 7 nitrogen and oxygen atoms in total. The molecule has 0 saturated heterocycles. The van der Waals surface area contributed by atoms with E-state index in [1.54, 1.807) is 36.4 Å². The number of hydrogen-bond donors (Lipinski definition) is 1. The molecule has 8 heteroatoms. The molecule has 25 heavy (non-hydrogen) atoms. The second-order valence-electron chi connectivity index (χ2n) is 5.22. The molecule has 0 aliphatic heterocycles. The van der Waals surface area contributed by atoms with Crippen molar-refractivity contribution in [1.29, 1.82) is 0 Å². The molecule has 0 amide bonds. The highest BCUT2D eigenvalue weighted by molar-refractivity contribution is 7.89. The van der Waals surface area contributed by atoms with Crippen molar-refractivity contribution in [3.8, 4) is 22.4 Å². The molecule has 0 aliphatic carbocycles. The Bertz CT molecular complexity index is 1050. The summed E-state index contributed by atoms with van der Waals surface area (Å²) in [5.41, 5.74) is 1.04. The van der Waals surface area contributed by atoms with Gasteiger partial charge < -0.3 is 0 Å². The van der Waals surface area contributed by atoms with Gasteiger partial charge in [0.1, 0.15) is 5.69 Å². The van der Waals surface area contributed by atoms with E-state index in [9.17, 15) is 18.5 Å². The molecule has 3 rings (SSSR count). The number of sulfonamides is 1. The third-order valence-electron chi connectivity index (χ3n) is 3.63. The highest BCUT2D eigenvalue weighted by Gasteiger charge is 2.24. The van der Waals surface area contributed by atoms with Crippen molar-refractivity contribution in [2.75, 3.05) is 0 Å². The predicted molar refractivity (Wildman–Crippen MR) is 93.1 cm³/mol. The Morgan fingerprint density at radius 3 is 2.32 bits per heavy atom. The molecule has 0 unspecified atom stereocenters. The number of nitro groups is 1. The van der Waals surface area contributed by atoms with Crippen molar-refractivity contribution in [2.24, 2.45) is 5.14 Å². The Kier molecular flexibility index (Phi) is 4.30. The largest absolute Gasteiger partial charge is 0.295 e. The standard InChI is InChI=1S/C17H13N3O4S/c18-25(23,24)15-10-4-8-13(16(15)12-6-2-1-3-7-12)17-14(20(21)22)9-5-11-19-17/h1-11H,(H2,18,23,24). The average molecular weight is 355 g/mol. The Morgan fingerprint density at radius 1 is 0.960 bits per heavy atom. The number of aromatic nitrogens is 1. The van der Waals surface area contributed by atoms with Crippen molar-refractivity contribution in [3.63, 3.8) is 0 Å². The van der Waals surface area contributed by atoms with E-state index in [-0.39, 0.29) is 21.8 Å². The Balaban J connectivity index is 2.42. The minimum Gasteiger partial charge on any atom is -0.258 e. The summed E-state index contributed by atoms with van der Waals surface area (Å²) < 4.78 is 24.1. The van der Waals surface area contributed by atoms with Gasteiger partial charge in [0.05, 0.1) is 9.82 Å². The van der Waals surface area contributed by atoms with Gasteiger partial charge in [-0.25, -0.2) is 18.5 Å². The number of hydrogen-bond acceptors (Lipinski definition) is 5. The third-order valence-corrected chi connectivity index (χ3v) is 4.59. The fraction of sp³-hybridized carbons (Fsp3) is 0. The monoisotopic (exact) mass is 355 g/mol. The van der Waals surface area contributed by atoms with Gasteiger partial charge >= 0.3 is 0 Å². The zero-order valence-corrected chi connectivity index (χ0v) is 13.7. The quantitative estimate of drug-likeness (QED) is 0.570. The van der Waals surface area contributed by atoms with Crippen molar-refractivity contribution in [2.45, 2.75) is 4.90 Å². The van der Waals surface area contributed by atoms with E-state index in [2.05, 4.69) is 4.98 Å². The topological polar surface area (TPSA) is 116 Å². The number of primary sulfonamides is 1. The summed E-state index contributed by atoms with van der Waals surface area (Å²) in [7, 11) is -4.04. The van der Waals surface area contributed by atoms with Crippen LogP contribution in [0, 0.1) is 10.1 Å². The van der Waals surface area contributed by atoms with Crippen LogP contribution in [0.4, 0.5) is 5.69 Å². The average Bonchev–Trinajstić information content (AvgIpc) is 2.61. The summed E-state index contributed by atoms with van der Waals surface area (Å²) in [6.45, 7) is 0. The van der Waals surface area contributed by atoms with E-state index in [1.165, 1.54) is 30.5 Å². The third kappa shape index (κ3) is 3.25. The maximum absolute atomic E-state index is 12.1. The number of benzene rings is 2. The zero-order chi connectivity index (χ0) is 18.0. The molecule has 0 aliphatic rings. The molecular weight excluding hydrogens is 342 g/mol. The first-order chi connectivity index (χ1) is 11.9. The van der Waals surface area contributed by atoms with Crippen LogP contribution in [0.2, 0.25) is 0 Å². The van der Waals surface area contributed by atoms with Crippen LogP contribution < -0.4 is 5.14 Å². The summed E-state index contributed by atoms with van der Waals surface area (Å²) in [5.74, 6) is 0. The fourth-order valence-electron chi connectivity index (χ4n) is 2.62. The van der Waals surface area contributed by atoms with Gasteiger partial charge in [-0.2, -0.15) is 0 Å². The van der Waals surface area contributed by atoms with Gasteiger partial charge in [0.25, 0.3) is 5.69 Å². The van der Waals surface area contributed by atoms with Gasteiger partial charge in [0, 0.05) is 23.4 Å². The van der Waals surface area contributed by atoms with Gasteiger partial charge in [-0.15, -0.1) is 0 Å². The van der Waals surface area contributed by atoms with Crippen LogP contribution in [0.3, 0.4) is 0 Å². The van der Waals surface area contributed by atoms with Crippen LogP contribution in [0.25, 0.3) is 22.4 Å². The molecule has 0 radical (unpaired) electrons. The van der Waals surface area contributed by atoms with Gasteiger partial charge in [-0.3, -0.25) is 10.1 Å². The molecule has 1 heterocycles. The van der Waals surface area contributed by atoms with E-state index in [1.807, 2.05) is 0 Å². The van der Waals surface area contributed by atoms with Gasteiger partial charge in [-0.05, 0) is 17.7 Å². The summed E-state index contributed by atoms with van der Waals surface area (Å²) in [5, 5.41) is 16.7. The van der Waals surface area contributed by atoms with Crippen LogP contribution >= 0.6 is 0 Å². The number of pyridine rings is 1. The molecule has 3 aromatic rings. The summed E-state index contributed by atoms with van der Waals surface area (Å²) in [4.78, 5) is 14.8.